The van der Waals surface area contributed by atoms with Gasteiger partial charge < -0.3 is 15.5 Å². The molecule has 0 heterocycles. The van der Waals surface area contributed by atoms with Crippen molar-refractivity contribution in [2.24, 2.45) is 0 Å². The standard InChI is InChI=1S/C24H23Cl2NO5S/c1-15(27-14-22(28)17-4-2-5-18(25)13-17)12-16-8-10-19(11-9-16)33(31,32)23-20(24(29)30)6-3-7-21(23)26/h2-11,13,15,22,27-28H,12,14H2,1H3,(H,29,30)/t15-,22-/m1/s1. The van der Waals surface area contributed by atoms with Gasteiger partial charge in [-0.1, -0.05) is 53.5 Å². The highest BCUT2D eigenvalue weighted by molar-refractivity contribution is 7.91. The van der Waals surface area contributed by atoms with E-state index >= 15 is 0 Å². The van der Waals surface area contributed by atoms with E-state index in [4.69, 9.17) is 23.2 Å². The second-order valence-electron chi connectivity index (χ2n) is 7.65. The van der Waals surface area contributed by atoms with Crippen LogP contribution < -0.4 is 5.32 Å². The van der Waals surface area contributed by atoms with Gasteiger partial charge in [0, 0.05) is 17.6 Å². The zero-order chi connectivity index (χ0) is 24.2. The average Bonchev–Trinajstić information content (AvgIpc) is 2.77. The van der Waals surface area contributed by atoms with Crippen LogP contribution in [0, 0.1) is 0 Å². The van der Waals surface area contributed by atoms with Gasteiger partial charge in [-0.05, 0) is 60.9 Å². The predicted molar refractivity (Wildman–Crippen MR) is 128 cm³/mol. The number of carbonyl (C=O) groups is 1. The number of hydrogen-bond acceptors (Lipinski definition) is 5. The SMILES string of the molecule is C[C@H](Cc1ccc(S(=O)(=O)c2c(Cl)cccc2C(=O)O)cc1)NC[C@@H](O)c1cccc(Cl)c1. The Morgan fingerprint density at radius 2 is 1.70 bits per heavy atom. The number of aliphatic hydroxyl groups is 1. The lowest BCUT2D eigenvalue weighted by molar-refractivity contribution is 0.0692. The number of aliphatic hydroxyl groups excluding tert-OH is 1. The van der Waals surface area contributed by atoms with Crippen molar-refractivity contribution in [3.8, 4) is 0 Å². The van der Waals surface area contributed by atoms with Crippen LogP contribution in [0.2, 0.25) is 10.0 Å². The first kappa shape index (κ1) is 25.2. The van der Waals surface area contributed by atoms with Gasteiger partial charge in [-0.3, -0.25) is 0 Å². The second-order valence-corrected chi connectivity index (χ2v) is 10.4. The lowest BCUT2D eigenvalue weighted by atomic mass is 10.1. The van der Waals surface area contributed by atoms with Crippen LogP contribution in [0.4, 0.5) is 0 Å². The van der Waals surface area contributed by atoms with E-state index in [2.05, 4.69) is 5.32 Å². The van der Waals surface area contributed by atoms with Gasteiger partial charge >= 0.3 is 5.97 Å². The summed E-state index contributed by atoms with van der Waals surface area (Å²) in [7, 11) is -4.12. The molecule has 6 nitrogen and oxygen atoms in total. The van der Waals surface area contributed by atoms with E-state index in [1.165, 1.54) is 30.3 Å². The number of hydrogen-bond donors (Lipinski definition) is 3. The zero-order valence-electron chi connectivity index (χ0n) is 17.7. The first-order valence-corrected chi connectivity index (χ1v) is 12.4. The minimum Gasteiger partial charge on any atom is -0.478 e. The maximum Gasteiger partial charge on any atom is 0.337 e. The molecule has 0 aliphatic rings. The van der Waals surface area contributed by atoms with Crippen LogP contribution in [0.25, 0.3) is 0 Å². The second kappa shape index (κ2) is 10.7. The number of carboxylic acids is 1. The Kier molecular flexibility index (Phi) is 8.15. The summed E-state index contributed by atoms with van der Waals surface area (Å²) >= 11 is 12.0. The first-order valence-electron chi connectivity index (χ1n) is 10.1. The van der Waals surface area contributed by atoms with Crippen molar-refractivity contribution < 1.29 is 23.4 Å². The maximum atomic E-state index is 13.1. The Morgan fingerprint density at radius 1 is 1.03 bits per heavy atom. The van der Waals surface area contributed by atoms with Crippen molar-refractivity contribution in [1.82, 2.24) is 5.32 Å². The van der Waals surface area contributed by atoms with Crippen LogP contribution in [0.1, 0.15) is 34.5 Å². The van der Waals surface area contributed by atoms with Crippen LogP contribution >= 0.6 is 23.2 Å². The van der Waals surface area contributed by atoms with Gasteiger partial charge in [-0.25, -0.2) is 13.2 Å². The number of rotatable bonds is 9. The molecular formula is C24H23Cl2NO5S. The number of benzene rings is 3. The van der Waals surface area contributed by atoms with Crippen LogP contribution in [-0.4, -0.2) is 37.2 Å². The fraction of sp³-hybridized carbons (Fsp3) is 0.208. The lowest BCUT2D eigenvalue weighted by Crippen LogP contribution is -2.32. The molecule has 0 aliphatic heterocycles. The molecule has 3 N–H and O–H groups in total. The van der Waals surface area contributed by atoms with Crippen molar-refractivity contribution in [3.63, 3.8) is 0 Å². The summed E-state index contributed by atoms with van der Waals surface area (Å²) in [6.07, 6.45) is -0.118. The quantitative estimate of drug-likeness (QED) is 0.385. The number of carboxylic acid groups (broad SMARTS) is 1. The minimum absolute atomic E-state index is 0.00321. The molecule has 0 aliphatic carbocycles. The first-order chi connectivity index (χ1) is 15.6. The van der Waals surface area contributed by atoms with Gasteiger partial charge in [0.1, 0.15) is 4.90 Å². The van der Waals surface area contributed by atoms with E-state index in [-0.39, 0.29) is 21.5 Å². The smallest absolute Gasteiger partial charge is 0.337 e. The molecule has 0 radical (unpaired) electrons. The summed E-state index contributed by atoms with van der Waals surface area (Å²) in [6, 6.07) is 17.2. The Balaban J connectivity index is 1.68. The van der Waals surface area contributed by atoms with Crippen LogP contribution in [0.3, 0.4) is 0 Å². The molecular weight excluding hydrogens is 485 g/mol. The Labute approximate surface area is 202 Å². The molecule has 0 aromatic heterocycles. The van der Waals surface area contributed by atoms with Crippen LogP contribution in [0.5, 0.6) is 0 Å². The maximum absolute atomic E-state index is 13.1. The molecule has 174 valence electrons. The van der Waals surface area contributed by atoms with Gasteiger partial charge in [0.25, 0.3) is 0 Å². The van der Waals surface area contributed by atoms with Gasteiger partial charge in [-0.2, -0.15) is 0 Å². The van der Waals surface area contributed by atoms with E-state index in [9.17, 15) is 23.4 Å². The fourth-order valence-electron chi connectivity index (χ4n) is 3.44. The van der Waals surface area contributed by atoms with Gasteiger partial charge in [0.2, 0.25) is 9.84 Å². The molecule has 0 saturated carbocycles. The number of nitrogens with one attached hydrogen (secondary N) is 1. The highest BCUT2D eigenvalue weighted by Crippen LogP contribution is 2.31. The average molecular weight is 508 g/mol. The summed E-state index contributed by atoms with van der Waals surface area (Å²) < 4.78 is 26.1. The Bertz CT molecular complexity index is 1250. The molecule has 0 fully saturated rings. The summed E-state index contributed by atoms with van der Waals surface area (Å²) in [5.74, 6) is -1.37. The molecule has 0 spiro atoms. The third-order valence-corrected chi connectivity index (χ3v) is 7.67. The van der Waals surface area contributed by atoms with Crippen molar-refractivity contribution in [3.05, 3.63) is 93.5 Å². The Morgan fingerprint density at radius 3 is 2.33 bits per heavy atom. The third-order valence-electron chi connectivity index (χ3n) is 5.13. The van der Waals surface area contributed by atoms with E-state index in [0.29, 0.717) is 18.0 Å². The Hall–Kier alpha value is -2.42. The third kappa shape index (κ3) is 6.13. The molecule has 0 amide bonds. The van der Waals surface area contributed by atoms with E-state index < -0.39 is 26.8 Å². The topological polar surface area (TPSA) is 104 Å². The van der Waals surface area contributed by atoms with Crippen molar-refractivity contribution in [2.45, 2.75) is 35.3 Å². The van der Waals surface area contributed by atoms with Gasteiger partial charge in [-0.15, -0.1) is 0 Å². The molecule has 2 atom stereocenters. The molecule has 0 unspecified atom stereocenters. The van der Waals surface area contributed by atoms with Gasteiger partial charge in [0.05, 0.1) is 21.6 Å². The highest BCUT2D eigenvalue weighted by atomic mass is 35.5. The van der Waals surface area contributed by atoms with Crippen molar-refractivity contribution in [1.29, 1.82) is 0 Å². The summed E-state index contributed by atoms with van der Waals surface area (Å²) in [6.45, 7) is 2.29. The summed E-state index contributed by atoms with van der Waals surface area (Å²) in [5.41, 5.74) is 1.23. The summed E-state index contributed by atoms with van der Waals surface area (Å²) in [5, 5.41) is 23.4. The molecule has 33 heavy (non-hydrogen) atoms. The predicted octanol–water partition coefficient (Wildman–Crippen LogP) is 4.78. The van der Waals surface area contributed by atoms with Crippen LogP contribution in [0.15, 0.2) is 76.5 Å². The number of aromatic carboxylic acids is 1. The number of halogens is 2. The van der Waals surface area contributed by atoms with Crippen molar-refractivity contribution in [2.75, 3.05) is 6.54 Å². The number of sulfone groups is 1. The van der Waals surface area contributed by atoms with Gasteiger partial charge in [0.15, 0.2) is 0 Å². The van der Waals surface area contributed by atoms with Crippen molar-refractivity contribution >= 4 is 39.0 Å². The molecule has 0 bridgehead atoms. The molecule has 9 heteroatoms. The minimum atomic E-state index is -4.12. The zero-order valence-corrected chi connectivity index (χ0v) is 20.0. The molecule has 3 rings (SSSR count). The molecule has 3 aromatic carbocycles. The highest BCUT2D eigenvalue weighted by Gasteiger charge is 2.27. The van der Waals surface area contributed by atoms with Crippen LogP contribution in [-0.2, 0) is 16.3 Å². The lowest BCUT2D eigenvalue weighted by Gasteiger charge is -2.18. The molecule has 0 saturated heterocycles. The largest absolute Gasteiger partial charge is 0.478 e. The fourth-order valence-corrected chi connectivity index (χ4v) is 5.62. The van der Waals surface area contributed by atoms with E-state index in [1.54, 1.807) is 36.4 Å². The molecule has 3 aromatic rings. The van der Waals surface area contributed by atoms with E-state index in [0.717, 1.165) is 11.1 Å². The normalized spacial score (nSPS) is 13.5. The van der Waals surface area contributed by atoms with E-state index in [1.807, 2.05) is 6.92 Å². The monoisotopic (exact) mass is 507 g/mol. The summed E-state index contributed by atoms with van der Waals surface area (Å²) in [4.78, 5) is 11.0.